The molecule has 1 aliphatic rings. The third-order valence-corrected chi connectivity index (χ3v) is 4.43. The minimum Gasteiger partial charge on any atom is -0.322 e. The van der Waals surface area contributed by atoms with Crippen LogP contribution >= 0.6 is 0 Å². The van der Waals surface area contributed by atoms with Gasteiger partial charge in [0.25, 0.3) is 0 Å². The van der Waals surface area contributed by atoms with Gasteiger partial charge in [0.05, 0.1) is 0 Å². The number of carbonyl (C=O) groups excluding carboxylic acids is 1. The zero-order valence-corrected chi connectivity index (χ0v) is 14.1. The smallest absolute Gasteiger partial charge is 0.321 e. The molecule has 2 heterocycles. The average molecular weight is 324 g/mol. The first-order chi connectivity index (χ1) is 11.7. The number of amides is 2. The molecule has 5 nitrogen and oxygen atoms in total. The molecular weight excluding hydrogens is 300 g/mol. The first kappa shape index (κ1) is 16.5. The molecule has 0 spiro atoms. The molecular formula is C19H24N4O. The zero-order chi connectivity index (χ0) is 16.8. The Morgan fingerprint density at radius 1 is 1.00 bits per heavy atom. The summed E-state index contributed by atoms with van der Waals surface area (Å²) in [4.78, 5) is 20.7. The van der Waals surface area contributed by atoms with Crippen molar-refractivity contribution in [2.45, 2.75) is 19.9 Å². The zero-order valence-electron chi connectivity index (χ0n) is 14.1. The van der Waals surface area contributed by atoms with E-state index in [0.29, 0.717) is 0 Å². The summed E-state index contributed by atoms with van der Waals surface area (Å²) in [5.74, 6) is 0. The molecule has 126 valence electrons. The minimum absolute atomic E-state index is 0.0113. The maximum atomic E-state index is 12.4. The van der Waals surface area contributed by atoms with Gasteiger partial charge in [0.15, 0.2) is 0 Å². The fourth-order valence-corrected chi connectivity index (χ4v) is 2.88. The topological polar surface area (TPSA) is 48.5 Å². The molecule has 0 atom stereocenters. The fourth-order valence-electron chi connectivity index (χ4n) is 2.88. The van der Waals surface area contributed by atoms with Gasteiger partial charge >= 0.3 is 6.03 Å². The van der Waals surface area contributed by atoms with Crippen molar-refractivity contribution in [3.05, 3.63) is 59.9 Å². The molecule has 1 N–H and O–H groups in total. The number of hydrogen-bond acceptors (Lipinski definition) is 3. The second kappa shape index (κ2) is 7.93. The number of anilines is 1. The van der Waals surface area contributed by atoms with Crippen LogP contribution < -0.4 is 5.32 Å². The Bertz CT molecular complexity index is 649. The van der Waals surface area contributed by atoms with E-state index in [1.54, 1.807) is 0 Å². The van der Waals surface area contributed by atoms with Crippen LogP contribution in [0.15, 0.2) is 48.8 Å². The summed E-state index contributed by atoms with van der Waals surface area (Å²) in [5.41, 5.74) is 3.40. The van der Waals surface area contributed by atoms with Gasteiger partial charge in [-0.25, -0.2) is 4.79 Å². The predicted molar refractivity (Wildman–Crippen MR) is 95.9 cm³/mol. The maximum Gasteiger partial charge on any atom is 0.321 e. The molecule has 2 amide bonds. The van der Waals surface area contributed by atoms with E-state index in [1.165, 1.54) is 11.1 Å². The van der Waals surface area contributed by atoms with E-state index in [-0.39, 0.29) is 6.03 Å². The lowest BCUT2D eigenvalue weighted by Crippen LogP contribution is -2.49. The number of nitrogens with zero attached hydrogens (tertiary/aromatic N) is 3. The van der Waals surface area contributed by atoms with Gasteiger partial charge < -0.3 is 10.2 Å². The van der Waals surface area contributed by atoms with Crippen molar-refractivity contribution in [1.29, 1.82) is 0 Å². The van der Waals surface area contributed by atoms with Crippen molar-refractivity contribution in [3.8, 4) is 0 Å². The Hall–Kier alpha value is -2.40. The van der Waals surface area contributed by atoms with E-state index in [0.717, 1.165) is 44.8 Å². The van der Waals surface area contributed by atoms with Gasteiger partial charge in [-0.1, -0.05) is 19.1 Å². The first-order valence-electron chi connectivity index (χ1n) is 8.50. The summed E-state index contributed by atoms with van der Waals surface area (Å²) < 4.78 is 0. The molecule has 5 heteroatoms. The third kappa shape index (κ3) is 4.32. The molecule has 0 unspecified atom stereocenters. The van der Waals surface area contributed by atoms with Gasteiger partial charge in [-0.3, -0.25) is 9.88 Å². The van der Waals surface area contributed by atoms with Crippen molar-refractivity contribution < 1.29 is 4.79 Å². The van der Waals surface area contributed by atoms with Crippen molar-refractivity contribution in [2.24, 2.45) is 0 Å². The quantitative estimate of drug-likeness (QED) is 0.940. The summed E-state index contributed by atoms with van der Waals surface area (Å²) in [6, 6.07) is 12.1. The highest BCUT2D eigenvalue weighted by molar-refractivity contribution is 5.89. The number of aromatic nitrogens is 1. The Morgan fingerprint density at radius 2 is 1.67 bits per heavy atom. The largest absolute Gasteiger partial charge is 0.322 e. The molecule has 24 heavy (non-hydrogen) atoms. The molecule has 1 fully saturated rings. The Kier molecular flexibility index (Phi) is 5.43. The highest BCUT2D eigenvalue weighted by atomic mass is 16.2. The predicted octanol–water partition coefficient (Wildman–Crippen LogP) is 2.99. The van der Waals surface area contributed by atoms with Crippen LogP contribution in [0.4, 0.5) is 10.5 Å². The summed E-state index contributed by atoms with van der Waals surface area (Å²) in [7, 11) is 0. The van der Waals surface area contributed by atoms with Crippen LogP contribution in [0, 0.1) is 0 Å². The maximum absolute atomic E-state index is 12.4. The summed E-state index contributed by atoms with van der Waals surface area (Å²) in [6.45, 7) is 6.33. The van der Waals surface area contributed by atoms with Crippen LogP contribution in [0.1, 0.15) is 18.1 Å². The Labute approximate surface area is 143 Å². The lowest BCUT2D eigenvalue weighted by molar-refractivity contribution is 0.143. The van der Waals surface area contributed by atoms with Crippen molar-refractivity contribution >= 4 is 11.7 Å². The molecule has 0 aliphatic carbocycles. The molecule has 1 aliphatic heterocycles. The molecule has 0 radical (unpaired) electrons. The highest BCUT2D eigenvalue weighted by Gasteiger charge is 2.21. The van der Waals surface area contributed by atoms with Crippen LogP contribution in [0.25, 0.3) is 0 Å². The first-order valence-corrected chi connectivity index (χ1v) is 8.50. The van der Waals surface area contributed by atoms with Gasteiger partial charge in [0.1, 0.15) is 0 Å². The van der Waals surface area contributed by atoms with E-state index >= 15 is 0 Å². The van der Waals surface area contributed by atoms with E-state index in [4.69, 9.17) is 0 Å². The number of hydrogen-bond donors (Lipinski definition) is 1. The van der Waals surface area contributed by atoms with Crippen molar-refractivity contribution in [1.82, 2.24) is 14.8 Å². The summed E-state index contributed by atoms with van der Waals surface area (Å²) >= 11 is 0. The van der Waals surface area contributed by atoms with Crippen molar-refractivity contribution in [2.75, 3.05) is 31.5 Å². The number of piperazine rings is 1. The van der Waals surface area contributed by atoms with Gasteiger partial charge in [-0.05, 0) is 41.8 Å². The summed E-state index contributed by atoms with van der Waals surface area (Å²) in [6.07, 6.45) is 4.65. The van der Waals surface area contributed by atoms with Crippen LogP contribution in [0.5, 0.6) is 0 Å². The van der Waals surface area contributed by atoms with Crippen molar-refractivity contribution in [3.63, 3.8) is 0 Å². The Morgan fingerprint density at radius 3 is 2.29 bits per heavy atom. The van der Waals surface area contributed by atoms with E-state index in [1.807, 2.05) is 41.6 Å². The number of pyridine rings is 1. The minimum atomic E-state index is -0.0113. The molecule has 1 saturated heterocycles. The van der Waals surface area contributed by atoms with Crippen LogP contribution in [0.2, 0.25) is 0 Å². The fraction of sp³-hybridized carbons (Fsp3) is 0.368. The third-order valence-electron chi connectivity index (χ3n) is 4.43. The molecule has 1 aromatic heterocycles. The highest BCUT2D eigenvalue weighted by Crippen LogP contribution is 2.13. The molecule has 1 aromatic carbocycles. The van der Waals surface area contributed by atoms with E-state index in [9.17, 15) is 4.79 Å². The standard InChI is InChI=1S/C19H24N4O/c1-2-16-3-5-18(6-4-16)21-19(24)23-13-11-22(12-14-23)15-17-7-9-20-10-8-17/h3-10H,2,11-15H2,1H3,(H,21,24). The number of urea groups is 1. The van der Waals surface area contributed by atoms with Crippen LogP contribution in [-0.2, 0) is 13.0 Å². The van der Waals surface area contributed by atoms with E-state index < -0.39 is 0 Å². The SMILES string of the molecule is CCc1ccc(NC(=O)N2CCN(Cc3ccncc3)CC2)cc1. The number of rotatable bonds is 4. The van der Waals surface area contributed by atoms with Crippen LogP contribution in [0.3, 0.4) is 0 Å². The van der Waals surface area contributed by atoms with Gasteiger partial charge in [-0.15, -0.1) is 0 Å². The second-order valence-electron chi connectivity index (χ2n) is 6.10. The van der Waals surface area contributed by atoms with Gasteiger partial charge in [0.2, 0.25) is 0 Å². The average Bonchev–Trinajstić information content (AvgIpc) is 2.64. The normalized spacial score (nSPS) is 15.3. The number of benzene rings is 1. The van der Waals surface area contributed by atoms with Gasteiger partial charge in [-0.2, -0.15) is 0 Å². The molecule has 3 rings (SSSR count). The molecule has 0 saturated carbocycles. The lowest BCUT2D eigenvalue weighted by Gasteiger charge is -2.34. The Balaban J connectivity index is 1.47. The van der Waals surface area contributed by atoms with E-state index in [2.05, 4.69) is 34.3 Å². The molecule has 2 aromatic rings. The van der Waals surface area contributed by atoms with Gasteiger partial charge in [0, 0.05) is 50.8 Å². The molecule has 0 bridgehead atoms. The monoisotopic (exact) mass is 324 g/mol. The summed E-state index contributed by atoms with van der Waals surface area (Å²) in [5, 5.41) is 2.99. The second-order valence-corrected chi connectivity index (χ2v) is 6.10. The number of nitrogens with one attached hydrogen (secondary N) is 1. The number of carbonyl (C=O) groups is 1. The lowest BCUT2D eigenvalue weighted by atomic mass is 10.1. The van der Waals surface area contributed by atoms with Crippen LogP contribution in [-0.4, -0.2) is 47.0 Å². The number of aryl methyl sites for hydroxylation is 1.